The first kappa shape index (κ1) is 11.5. The molecule has 2 aromatic rings. The van der Waals surface area contributed by atoms with E-state index in [1.807, 2.05) is 13.0 Å². The minimum absolute atomic E-state index is 0.00127. The monoisotopic (exact) mass is 248 g/mol. The van der Waals surface area contributed by atoms with Crippen LogP contribution in [0, 0.1) is 6.92 Å². The Morgan fingerprint density at radius 1 is 1.29 bits per heavy atom. The number of hydrogen-bond acceptors (Lipinski definition) is 3. The van der Waals surface area contributed by atoms with Gasteiger partial charge in [0.05, 0.1) is 5.56 Å². The quantitative estimate of drug-likeness (QED) is 0.830. The molecule has 0 aliphatic carbocycles. The van der Waals surface area contributed by atoms with Gasteiger partial charge in [0.1, 0.15) is 5.15 Å². The molecular formula is C12H9ClN2O2. The second kappa shape index (κ2) is 4.51. The molecule has 0 aliphatic heterocycles. The van der Waals surface area contributed by atoms with Crippen molar-refractivity contribution in [2.45, 2.75) is 6.92 Å². The Labute approximate surface area is 103 Å². The molecule has 0 aliphatic rings. The van der Waals surface area contributed by atoms with Gasteiger partial charge >= 0.3 is 5.97 Å². The van der Waals surface area contributed by atoms with Crippen LogP contribution in [0.3, 0.4) is 0 Å². The van der Waals surface area contributed by atoms with Crippen molar-refractivity contribution in [2.75, 3.05) is 0 Å². The fourth-order valence-corrected chi connectivity index (χ4v) is 1.67. The highest BCUT2D eigenvalue weighted by molar-refractivity contribution is 6.32. The first-order valence-corrected chi connectivity index (χ1v) is 5.27. The molecule has 2 heterocycles. The number of carboxylic acid groups (broad SMARTS) is 1. The maximum atomic E-state index is 10.9. The number of rotatable bonds is 2. The van der Waals surface area contributed by atoms with E-state index in [1.165, 1.54) is 6.07 Å². The number of aromatic nitrogens is 2. The van der Waals surface area contributed by atoms with Gasteiger partial charge in [0.15, 0.2) is 0 Å². The zero-order valence-corrected chi connectivity index (χ0v) is 9.77. The van der Waals surface area contributed by atoms with Crippen LogP contribution in [0.4, 0.5) is 0 Å². The molecule has 0 unspecified atom stereocenters. The van der Waals surface area contributed by atoms with Crippen LogP contribution in [0.25, 0.3) is 11.1 Å². The van der Waals surface area contributed by atoms with Gasteiger partial charge in [-0.25, -0.2) is 9.78 Å². The Bertz CT molecular complexity index is 584. The molecule has 0 saturated carbocycles. The van der Waals surface area contributed by atoms with Gasteiger partial charge in [-0.15, -0.1) is 0 Å². The van der Waals surface area contributed by atoms with Crippen molar-refractivity contribution in [3.63, 3.8) is 0 Å². The summed E-state index contributed by atoms with van der Waals surface area (Å²) in [6.45, 7) is 1.87. The summed E-state index contributed by atoms with van der Waals surface area (Å²) in [6.07, 6.45) is 3.21. The van der Waals surface area contributed by atoms with Crippen molar-refractivity contribution in [1.82, 2.24) is 9.97 Å². The molecule has 0 saturated heterocycles. The summed E-state index contributed by atoms with van der Waals surface area (Å²) in [7, 11) is 0. The summed E-state index contributed by atoms with van der Waals surface area (Å²) in [5, 5.41) is 8.95. The van der Waals surface area contributed by atoms with Crippen LogP contribution in [0.2, 0.25) is 5.15 Å². The van der Waals surface area contributed by atoms with Crippen LogP contribution in [0.5, 0.6) is 0 Å². The lowest BCUT2D eigenvalue weighted by molar-refractivity contribution is 0.0696. The predicted molar refractivity (Wildman–Crippen MR) is 64.2 cm³/mol. The van der Waals surface area contributed by atoms with Crippen LogP contribution in [0.15, 0.2) is 30.6 Å². The van der Waals surface area contributed by atoms with E-state index in [2.05, 4.69) is 9.97 Å². The van der Waals surface area contributed by atoms with Gasteiger partial charge in [-0.3, -0.25) is 4.98 Å². The first-order chi connectivity index (χ1) is 8.08. The normalized spacial score (nSPS) is 10.2. The molecule has 0 radical (unpaired) electrons. The zero-order valence-electron chi connectivity index (χ0n) is 9.01. The van der Waals surface area contributed by atoms with E-state index in [4.69, 9.17) is 16.7 Å². The molecule has 2 aromatic heterocycles. The summed E-state index contributed by atoms with van der Waals surface area (Å²) in [5.41, 5.74) is 2.43. The van der Waals surface area contributed by atoms with Crippen LogP contribution in [-0.4, -0.2) is 21.0 Å². The van der Waals surface area contributed by atoms with Crippen LogP contribution in [0.1, 0.15) is 16.1 Å². The van der Waals surface area contributed by atoms with Gasteiger partial charge in [0.2, 0.25) is 0 Å². The topological polar surface area (TPSA) is 63.1 Å². The lowest BCUT2D eigenvalue weighted by atomic mass is 10.1. The summed E-state index contributed by atoms with van der Waals surface area (Å²) in [4.78, 5) is 18.9. The van der Waals surface area contributed by atoms with E-state index in [0.29, 0.717) is 5.56 Å². The first-order valence-electron chi connectivity index (χ1n) is 4.90. The van der Waals surface area contributed by atoms with Gasteiger partial charge < -0.3 is 5.11 Å². The van der Waals surface area contributed by atoms with E-state index >= 15 is 0 Å². The molecule has 1 N–H and O–H groups in total. The molecular weight excluding hydrogens is 240 g/mol. The molecule has 0 aromatic carbocycles. The zero-order chi connectivity index (χ0) is 12.4. The fourth-order valence-electron chi connectivity index (χ4n) is 1.48. The lowest BCUT2D eigenvalue weighted by Crippen LogP contribution is -1.99. The second-order valence-electron chi connectivity index (χ2n) is 3.55. The Kier molecular flexibility index (Phi) is 3.06. The number of nitrogens with zero attached hydrogens (tertiary/aromatic N) is 2. The predicted octanol–water partition coefficient (Wildman–Crippen LogP) is 2.80. The Morgan fingerprint density at radius 3 is 2.71 bits per heavy atom. The van der Waals surface area contributed by atoms with E-state index in [9.17, 15) is 4.79 Å². The molecule has 5 heteroatoms. The fraction of sp³-hybridized carbons (Fsp3) is 0.0833. The third-order valence-corrected chi connectivity index (χ3v) is 2.60. The van der Waals surface area contributed by atoms with E-state index in [0.717, 1.165) is 11.3 Å². The Hall–Kier alpha value is -1.94. The summed E-state index contributed by atoms with van der Waals surface area (Å²) >= 11 is 5.71. The molecule has 0 amide bonds. The standard InChI is InChI=1S/C12H9ClN2O2/c1-7-4-8(2-3-14-7)9-5-10(12(16)17)11(13)15-6-9/h2-6H,1H3,(H,16,17). The van der Waals surface area contributed by atoms with Crippen molar-refractivity contribution in [3.8, 4) is 11.1 Å². The van der Waals surface area contributed by atoms with Crippen molar-refractivity contribution >= 4 is 17.6 Å². The second-order valence-corrected chi connectivity index (χ2v) is 3.91. The van der Waals surface area contributed by atoms with Crippen molar-refractivity contribution in [1.29, 1.82) is 0 Å². The third kappa shape index (κ3) is 2.42. The van der Waals surface area contributed by atoms with Crippen LogP contribution < -0.4 is 0 Å². The van der Waals surface area contributed by atoms with Gasteiger partial charge in [0.25, 0.3) is 0 Å². The Balaban J connectivity index is 2.54. The van der Waals surface area contributed by atoms with Gasteiger partial charge in [0, 0.05) is 23.7 Å². The molecule has 2 rings (SSSR count). The molecule has 0 bridgehead atoms. The van der Waals surface area contributed by atoms with Gasteiger partial charge in [-0.1, -0.05) is 11.6 Å². The van der Waals surface area contributed by atoms with E-state index in [-0.39, 0.29) is 10.7 Å². The maximum Gasteiger partial charge on any atom is 0.338 e. The number of aryl methyl sites for hydroxylation is 1. The van der Waals surface area contributed by atoms with Crippen LogP contribution >= 0.6 is 11.6 Å². The van der Waals surface area contributed by atoms with Crippen molar-refractivity contribution in [3.05, 3.63) is 47.0 Å². The average molecular weight is 249 g/mol. The minimum atomic E-state index is -1.09. The molecule has 0 fully saturated rings. The highest BCUT2D eigenvalue weighted by atomic mass is 35.5. The number of pyridine rings is 2. The molecule has 17 heavy (non-hydrogen) atoms. The number of carboxylic acids is 1. The van der Waals surface area contributed by atoms with E-state index in [1.54, 1.807) is 18.5 Å². The highest BCUT2D eigenvalue weighted by Gasteiger charge is 2.11. The number of carbonyl (C=O) groups is 1. The highest BCUT2D eigenvalue weighted by Crippen LogP contribution is 2.23. The molecule has 86 valence electrons. The third-order valence-electron chi connectivity index (χ3n) is 2.30. The summed E-state index contributed by atoms with van der Waals surface area (Å²) in [5.74, 6) is -1.09. The lowest BCUT2D eigenvalue weighted by Gasteiger charge is -2.04. The van der Waals surface area contributed by atoms with Crippen molar-refractivity contribution < 1.29 is 9.90 Å². The molecule has 4 nitrogen and oxygen atoms in total. The number of halogens is 1. The maximum absolute atomic E-state index is 10.9. The smallest absolute Gasteiger partial charge is 0.338 e. The molecule has 0 atom stereocenters. The van der Waals surface area contributed by atoms with Crippen molar-refractivity contribution in [2.24, 2.45) is 0 Å². The largest absolute Gasteiger partial charge is 0.478 e. The SMILES string of the molecule is Cc1cc(-c2cnc(Cl)c(C(=O)O)c2)ccn1. The molecule has 0 spiro atoms. The van der Waals surface area contributed by atoms with E-state index < -0.39 is 5.97 Å². The number of hydrogen-bond donors (Lipinski definition) is 1. The van der Waals surface area contributed by atoms with Gasteiger partial charge in [-0.2, -0.15) is 0 Å². The van der Waals surface area contributed by atoms with Crippen LogP contribution in [-0.2, 0) is 0 Å². The average Bonchev–Trinajstić information content (AvgIpc) is 2.29. The Morgan fingerprint density at radius 2 is 2.06 bits per heavy atom. The summed E-state index contributed by atoms with van der Waals surface area (Å²) in [6, 6.07) is 5.16. The summed E-state index contributed by atoms with van der Waals surface area (Å²) < 4.78 is 0. The minimum Gasteiger partial charge on any atom is -0.478 e. The number of aromatic carboxylic acids is 1. The van der Waals surface area contributed by atoms with Gasteiger partial charge in [-0.05, 0) is 30.7 Å².